The van der Waals surface area contributed by atoms with Crippen molar-refractivity contribution in [2.75, 3.05) is 6.54 Å². The minimum atomic E-state index is -2.65. The third-order valence-electron chi connectivity index (χ3n) is 4.91. The number of alkyl halides is 2. The Kier molecular flexibility index (Phi) is 3.61. The monoisotopic (exact) mass is 327 g/mol. The van der Waals surface area contributed by atoms with Gasteiger partial charge in [-0.05, 0) is 30.5 Å². The molecule has 0 bridgehead atoms. The first-order valence-corrected chi connectivity index (χ1v) is 7.38. The first kappa shape index (κ1) is 15.8. The predicted octanol–water partition coefficient (Wildman–Crippen LogP) is 2.55. The second-order valence-electron chi connectivity index (χ2n) is 6.45. The molecule has 2 aliphatic rings. The van der Waals surface area contributed by atoms with Crippen LogP contribution in [0.15, 0.2) is 24.3 Å². The van der Waals surface area contributed by atoms with E-state index >= 15 is 0 Å². The van der Waals surface area contributed by atoms with E-state index in [-0.39, 0.29) is 25.8 Å². The van der Waals surface area contributed by atoms with Crippen LogP contribution in [0.1, 0.15) is 30.7 Å². The van der Waals surface area contributed by atoms with Gasteiger partial charge in [-0.15, -0.1) is 0 Å². The lowest BCUT2D eigenvalue weighted by Crippen LogP contribution is -2.43. The first-order chi connectivity index (χ1) is 10.7. The molecule has 0 aliphatic heterocycles. The summed E-state index contributed by atoms with van der Waals surface area (Å²) >= 11 is 0. The maximum absolute atomic E-state index is 13.1. The molecule has 7 heteroatoms. The fourth-order valence-corrected chi connectivity index (χ4v) is 3.28. The Labute approximate surface area is 130 Å². The molecular formula is C16H16F3NO3. The summed E-state index contributed by atoms with van der Waals surface area (Å²) in [5, 5.41) is 11.7. The Balaban J connectivity index is 1.55. The highest BCUT2D eigenvalue weighted by atomic mass is 19.3. The van der Waals surface area contributed by atoms with E-state index in [0.717, 1.165) is 12.1 Å². The van der Waals surface area contributed by atoms with Crippen molar-refractivity contribution in [3.63, 3.8) is 0 Å². The number of carbonyl (C=O) groups excluding carboxylic acids is 1. The normalized spacial score (nSPS) is 28.7. The summed E-state index contributed by atoms with van der Waals surface area (Å²) in [6.45, 7) is -0.153. The zero-order valence-corrected chi connectivity index (χ0v) is 12.2. The summed E-state index contributed by atoms with van der Waals surface area (Å²) in [5.74, 6) is -6.15. The number of aliphatic carboxylic acids is 1. The number of carboxylic acids is 1. The summed E-state index contributed by atoms with van der Waals surface area (Å²) in [7, 11) is 0. The van der Waals surface area contributed by atoms with Crippen LogP contribution in [0.4, 0.5) is 13.2 Å². The van der Waals surface area contributed by atoms with Gasteiger partial charge in [-0.2, -0.15) is 0 Å². The van der Waals surface area contributed by atoms with E-state index in [9.17, 15) is 27.9 Å². The zero-order chi connectivity index (χ0) is 16.8. The van der Waals surface area contributed by atoms with Gasteiger partial charge in [-0.3, -0.25) is 9.59 Å². The molecule has 3 rings (SSSR count). The fourth-order valence-electron chi connectivity index (χ4n) is 3.28. The van der Waals surface area contributed by atoms with E-state index in [1.54, 1.807) is 0 Å². The van der Waals surface area contributed by atoms with E-state index in [1.165, 1.54) is 12.1 Å². The Morgan fingerprint density at radius 1 is 1.26 bits per heavy atom. The van der Waals surface area contributed by atoms with Crippen molar-refractivity contribution in [1.82, 2.24) is 5.32 Å². The van der Waals surface area contributed by atoms with Gasteiger partial charge in [0.2, 0.25) is 5.91 Å². The number of halogens is 3. The number of carbonyl (C=O) groups is 2. The highest BCUT2D eigenvalue weighted by molar-refractivity contribution is 5.82. The molecule has 1 unspecified atom stereocenters. The smallest absolute Gasteiger partial charge is 0.312 e. The van der Waals surface area contributed by atoms with Crippen LogP contribution in [-0.2, 0) is 9.59 Å². The second kappa shape index (κ2) is 5.25. The molecule has 124 valence electrons. The SMILES string of the molecule is O=C(NCC(C(=O)O)c1ccc(F)cc1)C1CC2(C1)CC2(F)F. The van der Waals surface area contributed by atoms with Gasteiger partial charge in [0, 0.05) is 24.3 Å². The number of benzene rings is 1. The first-order valence-electron chi connectivity index (χ1n) is 7.38. The van der Waals surface area contributed by atoms with Crippen LogP contribution < -0.4 is 5.32 Å². The van der Waals surface area contributed by atoms with Gasteiger partial charge in [0.05, 0.1) is 5.92 Å². The fraction of sp³-hybridized carbons (Fsp3) is 0.500. The van der Waals surface area contributed by atoms with Crippen LogP contribution in [0.5, 0.6) is 0 Å². The van der Waals surface area contributed by atoms with Crippen molar-refractivity contribution >= 4 is 11.9 Å². The second-order valence-corrected chi connectivity index (χ2v) is 6.45. The topological polar surface area (TPSA) is 66.4 Å². The summed E-state index contributed by atoms with van der Waals surface area (Å²) < 4.78 is 39.1. The third kappa shape index (κ3) is 2.80. The van der Waals surface area contributed by atoms with Crippen LogP contribution in [0.25, 0.3) is 0 Å². The summed E-state index contributed by atoms with van der Waals surface area (Å²) in [4.78, 5) is 23.3. The number of nitrogens with one attached hydrogen (secondary N) is 1. The standard InChI is InChI=1S/C16H16F3NO3/c17-11-3-1-9(2-4-11)12(14(22)23)7-20-13(21)10-5-15(6-10)8-16(15,18)19/h1-4,10,12H,5-8H2,(H,20,21)(H,22,23). The third-order valence-corrected chi connectivity index (χ3v) is 4.91. The molecule has 2 fully saturated rings. The highest BCUT2D eigenvalue weighted by Gasteiger charge is 2.76. The van der Waals surface area contributed by atoms with Crippen molar-refractivity contribution in [3.05, 3.63) is 35.6 Å². The molecule has 2 N–H and O–H groups in total. The Bertz CT molecular complexity index is 638. The van der Waals surface area contributed by atoms with Crippen LogP contribution in [0, 0.1) is 17.2 Å². The van der Waals surface area contributed by atoms with Gasteiger partial charge in [0.1, 0.15) is 5.82 Å². The lowest BCUT2D eigenvalue weighted by Gasteiger charge is -2.34. The van der Waals surface area contributed by atoms with Crippen molar-refractivity contribution in [2.45, 2.75) is 31.1 Å². The lowest BCUT2D eigenvalue weighted by molar-refractivity contribution is -0.139. The van der Waals surface area contributed by atoms with Gasteiger partial charge < -0.3 is 10.4 Å². The van der Waals surface area contributed by atoms with Gasteiger partial charge in [-0.1, -0.05) is 12.1 Å². The summed E-state index contributed by atoms with van der Waals surface area (Å²) in [6.07, 6.45) is 0.150. The quantitative estimate of drug-likeness (QED) is 0.873. The molecule has 0 radical (unpaired) electrons. The summed E-state index contributed by atoms with van der Waals surface area (Å²) in [6, 6.07) is 5.00. The molecule has 2 saturated carbocycles. The number of carboxylic acid groups (broad SMARTS) is 1. The molecule has 1 aromatic carbocycles. The van der Waals surface area contributed by atoms with Crippen LogP contribution in [0.3, 0.4) is 0 Å². The summed E-state index contributed by atoms with van der Waals surface area (Å²) in [5.41, 5.74) is -0.615. The molecule has 1 aromatic rings. The molecule has 0 saturated heterocycles. The van der Waals surface area contributed by atoms with Crippen molar-refractivity contribution in [3.8, 4) is 0 Å². The lowest BCUT2D eigenvalue weighted by atomic mass is 9.71. The van der Waals surface area contributed by atoms with Gasteiger partial charge >= 0.3 is 5.97 Å². The van der Waals surface area contributed by atoms with Crippen molar-refractivity contribution in [1.29, 1.82) is 0 Å². The zero-order valence-electron chi connectivity index (χ0n) is 12.2. The van der Waals surface area contributed by atoms with E-state index < -0.39 is 40.9 Å². The van der Waals surface area contributed by atoms with Crippen molar-refractivity contribution < 1.29 is 27.9 Å². The molecule has 1 atom stereocenters. The Morgan fingerprint density at radius 3 is 2.30 bits per heavy atom. The molecule has 4 nitrogen and oxygen atoms in total. The molecular weight excluding hydrogens is 311 g/mol. The average Bonchev–Trinajstić information content (AvgIpc) is 3.02. The van der Waals surface area contributed by atoms with E-state index in [4.69, 9.17) is 0 Å². The number of hydrogen-bond acceptors (Lipinski definition) is 2. The predicted molar refractivity (Wildman–Crippen MR) is 74.5 cm³/mol. The van der Waals surface area contributed by atoms with E-state index in [2.05, 4.69) is 5.32 Å². The number of amides is 1. The molecule has 1 amide bonds. The van der Waals surface area contributed by atoms with E-state index in [1.807, 2.05) is 0 Å². The van der Waals surface area contributed by atoms with Crippen LogP contribution in [-0.4, -0.2) is 29.5 Å². The Hall–Kier alpha value is -2.05. The molecule has 1 spiro atoms. The molecule has 2 aliphatic carbocycles. The van der Waals surface area contributed by atoms with Crippen molar-refractivity contribution in [2.24, 2.45) is 11.3 Å². The maximum atomic E-state index is 13.1. The van der Waals surface area contributed by atoms with Gasteiger partial charge in [-0.25, -0.2) is 13.2 Å². The van der Waals surface area contributed by atoms with Crippen LogP contribution >= 0.6 is 0 Å². The highest BCUT2D eigenvalue weighted by Crippen LogP contribution is 2.72. The number of hydrogen-bond donors (Lipinski definition) is 2. The van der Waals surface area contributed by atoms with E-state index in [0.29, 0.717) is 5.56 Å². The molecule has 0 aromatic heterocycles. The minimum Gasteiger partial charge on any atom is -0.481 e. The van der Waals surface area contributed by atoms with Gasteiger partial charge in [0.15, 0.2) is 0 Å². The molecule has 0 heterocycles. The molecule has 23 heavy (non-hydrogen) atoms. The van der Waals surface area contributed by atoms with Crippen LogP contribution in [0.2, 0.25) is 0 Å². The maximum Gasteiger partial charge on any atom is 0.312 e. The minimum absolute atomic E-state index is 0.153. The van der Waals surface area contributed by atoms with Gasteiger partial charge in [0.25, 0.3) is 5.92 Å². The average molecular weight is 327 g/mol. The number of rotatable bonds is 5. The Morgan fingerprint density at radius 2 is 1.83 bits per heavy atom. The largest absolute Gasteiger partial charge is 0.481 e.